The van der Waals surface area contributed by atoms with Crippen molar-refractivity contribution in [3.63, 3.8) is 0 Å². The molecule has 7 nitrogen and oxygen atoms in total. The van der Waals surface area contributed by atoms with E-state index in [2.05, 4.69) is 5.32 Å². The number of hydrogen-bond acceptors (Lipinski definition) is 6. The van der Waals surface area contributed by atoms with Crippen molar-refractivity contribution in [3.05, 3.63) is 0 Å². The summed E-state index contributed by atoms with van der Waals surface area (Å²) >= 11 is 0. The van der Waals surface area contributed by atoms with Crippen LogP contribution in [0.3, 0.4) is 0 Å². The Hall–Kier alpha value is -0.730. The van der Waals surface area contributed by atoms with Crippen LogP contribution in [0.25, 0.3) is 0 Å². The molecular weight excluding hydrogens is 204 g/mol. The number of carbonyl (C=O) groups is 1. The normalized spacial score (nSPS) is 41.3. The zero-order valence-corrected chi connectivity index (χ0v) is 8.33. The van der Waals surface area contributed by atoms with E-state index in [0.29, 0.717) is 0 Å². The predicted octanol–water partition coefficient (Wildman–Crippen LogP) is -3.11. The quantitative estimate of drug-likeness (QED) is 0.335. The van der Waals surface area contributed by atoms with Gasteiger partial charge in [-0.1, -0.05) is 0 Å². The molecule has 0 aliphatic carbocycles. The molecule has 0 aromatic rings. The largest absolute Gasteiger partial charge is 0.394 e. The second kappa shape index (κ2) is 4.86. The van der Waals surface area contributed by atoms with Gasteiger partial charge in [-0.2, -0.15) is 0 Å². The Kier molecular flexibility index (Phi) is 4.00. The number of hydrogen-bond donors (Lipinski definition) is 5. The molecule has 0 bridgehead atoms. The van der Waals surface area contributed by atoms with Crippen LogP contribution in [0, 0.1) is 0 Å². The van der Waals surface area contributed by atoms with Crippen LogP contribution in [0.2, 0.25) is 0 Å². The van der Waals surface area contributed by atoms with Gasteiger partial charge >= 0.3 is 0 Å². The number of aliphatic hydroxyl groups excluding tert-OH is 3. The Morgan fingerprint density at radius 3 is 2.53 bits per heavy atom. The Morgan fingerprint density at radius 2 is 2.07 bits per heavy atom. The topological polar surface area (TPSA) is 125 Å². The summed E-state index contributed by atoms with van der Waals surface area (Å²) < 4.78 is 5.03. The number of amides is 1. The highest BCUT2D eigenvalue weighted by Crippen LogP contribution is 2.18. The average molecular weight is 220 g/mol. The van der Waals surface area contributed by atoms with Crippen molar-refractivity contribution in [3.8, 4) is 0 Å². The summed E-state index contributed by atoms with van der Waals surface area (Å²) in [5, 5.41) is 30.3. The van der Waals surface area contributed by atoms with Gasteiger partial charge in [0.2, 0.25) is 5.91 Å². The molecule has 1 saturated heterocycles. The van der Waals surface area contributed by atoms with Gasteiger partial charge in [0.1, 0.15) is 24.5 Å². The first-order valence-electron chi connectivity index (χ1n) is 4.62. The first kappa shape index (κ1) is 12.3. The number of rotatable bonds is 2. The molecule has 15 heavy (non-hydrogen) atoms. The maximum absolute atomic E-state index is 10.8. The predicted molar refractivity (Wildman–Crippen MR) is 49.6 cm³/mol. The number of nitrogens with one attached hydrogen (secondary N) is 1. The molecule has 0 saturated carbocycles. The number of ether oxygens (including phenoxy) is 1. The van der Waals surface area contributed by atoms with Gasteiger partial charge < -0.3 is 31.1 Å². The SMILES string of the molecule is CC(=O)N[C@H]1[C@H](O)[C@@H](O)[C@@H](CO)O[C@H]1N. The van der Waals surface area contributed by atoms with E-state index in [0.717, 1.165) is 0 Å². The third kappa shape index (κ3) is 2.64. The Morgan fingerprint density at radius 1 is 1.47 bits per heavy atom. The molecule has 5 atom stereocenters. The molecule has 0 radical (unpaired) electrons. The van der Waals surface area contributed by atoms with E-state index < -0.39 is 37.2 Å². The van der Waals surface area contributed by atoms with Gasteiger partial charge in [0, 0.05) is 6.92 Å². The molecule has 0 spiro atoms. The average Bonchev–Trinajstić information content (AvgIpc) is 2.18. The van der Waals surface area contributed by atoms with Crippen molar-refractivity contribution in [2.75, 3.05) is 6.61 Å². The molecule has 1 aliphatic rings. The minimum Gasteiger partial charge on any atom is -0.394 e. The molecule has 7 heteroatoms. The Balaban J connectivity index is 2.70. The minimum atomic E-state index is -1.27. The summed E-state index contributed by atoms with van der Waals surface area (Å²) in [5.41, 5.74) is 5.53. The monoisotopic (exact) mass is 220 g/mol. The zero-order valence-electron chi connectivity index (χ0n) is 8.33. The number of nitrogens with two attached hydrogens (primary N) is 1. The third-order valence-corrected chi connectivity index (χ3v) is 2.33. The van der Waals surface area contributed by atoms with Crippen molar-refractivity contribution in [2.24, 2.45) is 5.73 Å². The molecule has 1 heterocycles. The van der Waals surface area contributed by atoms with E-state index in [1.54, 1.807) is 0 Å². The summed E-state index contributed by atoms with van der Waals surface area (Å²) in [6.45, 7) is 0.822. The highest BCUT2D eigenvalue weighted by Gasteiger charge is 2.42. The van der Waals surface area contributed by atoms with Crippen LogP contribution in [0.4, 0.5) is 0 Å². The van der Waals surface area contributed by atoms with Crippen LogP contribution in [-0.2, 0) is 9.53 Å². The van der Waals surface area contributed by atoms with Crippen molar-refractivity contribution >= 4 is 5.91 Å². The van der Waals surface area contributed by atoms with Crippen molar-refractivity contribution in [2.45, 2.75) is 37.5 Å². The maximum atomic E-state index is 10.8. The summed E-state index contributed by atoms with van der Waals surface area (Å²) in [7, 11) is 0. The highest BCUT2D eigenvalue weighted by atomic mass is 16.5. The van der Waals surface area contributed by atoms with Gasteiger partial charge in [0.25, 0.3) is 0 Å². The Bertz CT molecular complexity index is 237. The van der Waals surface area contributed by atoms with Gasteiger partial charge in [-0.05, 0) is 0 Å². The lowest BCUT2D eigenvalue weighted by Crippen LogP contribution is -2.66. The van der Waals surface area contributed by atoms with Crippen LogP contribution in [0.15, 0.2) is 0 Å². The fourth-order valence-corrected chi connectivity index (χ4v) is 1.55. The van der Waals surface area contributed by atoms with E-state index in [4.69, 9.17) is 15.6 Å². The van der Waals surface area contributed by atoms with Crippen molar-refractivity contribution in [1.29, 1.82) is 0 Å². The van der Waals surface area contributed by atoms with Crippen LogP contribution < -0.4 is 11.1 Å². The smallest absolute Gasteiger partial charge is 0.217 e. The summed E-state index contributed by atoms with van der Waals surface area (Å²) in [5.74, 6) is -0.382. The van der Waals surface area contributed by atoms with Gasteiger partial charge in [-0.25, -0.2) is 0 Å². The number of carbonyl (C=O) groups excluding carboxylic acids is 1. The van der Waals surface area contributed by atoms with E-state index in [-0.39, 0.29) is 5.91 Å². The lowest BCUT2D eigenvalue weighted by atomic mass is 9.96. The molecule has 1 fully saturated rings. The lowest BCUT2D eigenvalue weighted by Gasteiger charge is -2.40. The summed E-state index contributed by atoms with van der Waals surface area (Å²) in [6.07, 6.45) is -4.41. The van der Waals surface area contributed by atoms with Gasteiger partial charge in [-0.15, -0.1) is 0 Å². The lowest BCUT2D eigenvalue weighted by molar-refractivity contribution is -0.193. The van der Waals surface area contributed by atoms with Crippen LogP contribution >= 0.6 is 0 Å². The van der Waals surface area contributed by atoms with Crippen molar-refractivity contribution < 1.29 is 24.9 Å². The second-order valence-corrected chi connectivity index (χ2v) is 3.53. The molecule has 88 valence electrons. The summed E-state index contributed by atoms with van der Waals surface area (Å²) in [6, 6.07) is -0.875. The first-order valence-corrected chi connectivity index (χ1v) is 4.62. The van der Waals surface area contributed by atoms with E-state index in [1.807, 2.05) is 0 Å². The molecular formula is C8H16N2O5. The summed E-state index contributed by atoms with van der Waals surface area (Å²) in [4.78, 5) is 10.8. The Labute approximate surface area is 86.8 Å². The zero-order chi connectivity index (χ0) is 11.6. The fraction of sp³-hybridized carbons (Fsp3) is 0.875. The van der Waals surface area contributed by atoms with E-state index >= 15 is 0 Å². The minimum absolute atomic E-state index is 0.382. The van der Waals surface area contributed by atoms with Crippen molar-refractivity contribution in [1.82, 2.24) is 5.32 Å². The highest BCUT2D eigenvalue weighted by molar-refractivity contribution is 5.73. The van der Waals surface area contributed by atoms with Gasteiger partial charge in [0.15, 0.2) is 0 Å². The maximum Gasteiger partial charge on any atom is 0.217 e. The third-order valence-electron chi connectivity index (χ3n) is 2.33. The first-order chi connectivity index (χ1) is 6.97. The van der Waals surface area contributed by atoms with Gasteiger partial charge in [-0.3, -0.25) is 4.79 Å². The molecule has 1 aliphatic heterocycles. The molecule has 1 amide bonds. The van der Waals surface area contributed by atoms with E-state index in [1.165, 1.54) is 6.92 Å². The fourth-order valence-electron chi connectivity index (χ4n) is 1.55. The van der Waals surface area contributed by atoms with Crippen LogP contribution in [0.1, 0.15) is 6.92 Å². The van der Waals surface area contributed by atoms with E-state index in [9.17, 15) is 15.0 Å². The molecule has 0 unspecified atom stereocenters. The molecule has 1 rings (SSSR count). The van der Waals surface area contributed by atoms with Crippen LogP contribution in [-0.4, -0.2) is 58.4 Å². The molecule has 6 N–H and O–H groups in total. The molecule has 0 aromatic heterocycles. The number of aliphatic hydroxyl groups is 3. The van der Waals surface area contributed by atoms with Gasteiger partial charge in [0.05, 0.1) is 12.6 Å². The second-order valence-electron chi connectivity index (χ2n) is 3.53. The standard InChI is InChI=1S/C8H16N2O5/c1-3(12)10-5-7(14)6(13)4(2-11)15-8(5)9/h4-8,11,13-14H,2,9H2,1H3,(H,10,12)/t4-,5+,6+,7+,8-/m1/s1. The van der Waals surface area contributed by atoms with Crippen LogP contribution in [0.5, 0.6) is 0 Å². The molecule has 0 aromatic carbocycles.